The van der Waals surface area contributed by atoms with Gasteiger partial charge in [-0.15, -0.1) is 11.3 Å². The molecule has 0 spiro atoms. The van der Waals surface area contributed by atoms with E-state index in [-0.39, 0.29) is 5.91 Å². The summed E-state index contributed by atoms with van der Waals surface area (Å²) in [4.78, 5) is 16.3. The van der Waals surface area contributed by atoms with Crippen LogP contribution in [0.4, 0.5) is 0 Å². The van der Waals surface area contributed by atoms with Gasteiger partial charge in [-0.2, -0.15) is 0 Å². The Kier molecular flexibility index (Phi) is 3.10. The summed E-state index contributed by atoms with van der Waals surface area (Å²) in [5.74, 6) is 0.0945. The van der Waals surface area contributed by atoms with E-state index in [1.165, 1.54) is 0 Å². The van der Waals surface area contributed by atoms with Crippen LogP contribution in [-0.2, 0) is 11.3 Å². The summed E-state index contributed by atoms with van der Waals surface area (Å²) in [7, 11) is 0. The number of amides is 1. The fraction of sp³-hybridized carbons (Fsp3) is 0.556. The molecule has 4 nitrogen and oxygen atoms in total. The van der Waals surface area contributed by atoms with Gasteiger partial charge in [-0.05, 0) is 12.8 Å². The van der Waals surface area contributed by atoms with Crippen LogP contribution in [0.1, 0.15) is 17.7 Å². The molecule has 1 saturated carbocycles. The molecule has 1 aromatic heterocycles. The van der Waals surface area contributed by atoms with Gasteiger partial charge in [0.1, 0.15) is 0 Å². The minimum Gasteiger partial charge on any atom is -0.352 e. The molecular formula is C9H13N3OS. The van der Waals surface area contributed by atoms with Gasteiger partial charge in [0.2, 0.25) is 5.91 Å². The molecule has 2 N–H and O–H groups in total. The fourth-order valence-corrected chi connectivity index (χ4v) is 1.70. The molecule has 0 aromatic carbocycles. The second kappa shape index (κ2) is 4.52. The summed E-state index contributed by atoms with van der Waals surface area (Å²) in [6, 6.07) is 0.452. The van der Waals surface area contributed by atoms with E-state index in [4.69, 9.17) is 0 Å². The molecule has 1 fully saturated rings. The summed E-state index contributed by atoms with van der Waals surface area (Å²) in [5.41, 5.74) is 1.79. The van der Waals surface area contributed by atoms with Crippen LogP contribution in [0.3, 0.4) is 0 Å². The van der Waals surface area contributed by atoms with Gasteiger partial charge in [-0.25, -0.2) is 0 Å². The maximum atomic E-state index is 11.2. The zero-order valence-corrected chi connectivity index (χ0v) is 8.64. The van der Waals surface area contributed by atoms with Gasteiger partial charge >= 0.3 is 0 Å². The maximum Gasteiger partial charge on any atom is 0.234 e. The van der Waals surface area contributed by atoms with Crippen LogP contribution in [0.25, 0.3) is 0 Å². The number of carbonyl (C=O) groups excluding carboxylic acids is 1. The third-order valence-electron chi connectivity index (χ3n) is 2.01. The standard InChI is InChI=1S/C9H13N3OS/c13-9(12-7-1-2-7)5-10-3-8-4-11-6-14-8/h4,6-7,10H,1-3,5H2,(H,12,13). The lowest BCUT2D eigenvalue weighted by atomic mass is 10.5. The summed E-state index contributed by atoms with van der Waals surface area (Å²) < 4.78 is 0. The van der Waals surface area contributed by atoms with E-state index in [1.54, 1.807) is 16.8 Å². The van der Waals surface area contributed by atoms with Crippen LogP contribution in [-0.4, -0.2) is 23.5 Å². The van der Waals surface area contributed by atoms with E-state index in [0.717, 1.165) is 24.3 Å². The average molecular weight is 211 g/mol. The zero-order valence-electron chi connectivity index (χ0n) is 7.82. The second-order valence-corrected chi connectivity index (χ2v) is 4.38. The van der Waals surface area contributed by atoms with E-state index in [9.17, 15) is 4.79 Å². The Balaban J connectivity index is 1.60. The van der Waals surface area contributed by atoms with Crippen molar-refractivity contribution in [2.24, 2.45) is 0 Å². The number of thiazole rings is 1. The molecule has 5 heteroatoms. The molecule has 14 heavy (non-hydrogen) atoms. The van der Waals surface area contributed by atoms with Gasteiger partial charge in [0.15, 0.2) is 0 Å². The Morgan fingerprint density at radius 2 is 2.50 bits per heavy atom. The van der Waals surface area contributed by atoms with Crippen LogP contribution in [0.2, 0.25) is 0 Å². The highest BCUT2D eigenvalue weighted by molar-refractivity contribution is 7.09. The van der Waals surface area contributed by atoms with Crippen molar-refractivity contribution in [1.82, 2.24) is 15.6 Å². The van der Waals surface area contributed by atoms with Gasteiger partial charge in [0.05, 0.1) is 12.1 Å². The summed E-state index contributed by atoms with van der Waals surface area (Å²) in [6.45, 7) is 1.12. The SMILES string of the molecule is O=C(CNCc1cncs1)NC1CC1. The van der Waals surface area contributed by atoms with Crippen LogP contribution >= 0.6 is 11.3 Å². The molecule has 0 bridgehead atoms. The molecular weight excluding hydrogens is 198 g/mol. The van der Waals surface area contributed by atoms with Crippen molar-refractivity contribution in [3.63, 3.8) is 0 Å². The summed E-state index contributed by atoms with van der Waals surface area (Å²) in [5, 5.41) is 6.00. The number of aromatic nitrogens is 1. The van der Waals surface area contributed by atoms with E-state index in [0.29, 0.717) is 12.6 Å². The monoisotopic (exact) mass is 211 g/mol. The van der Waals surface area contributed by atoms with Crippen LogP contribution in [0.15, 0.2) is 11.7 Å². The van der Waals surface area contributed by atoms with Gasteiger partial charge in [0, 0.05) is 23.7 Å². The van der Waals surface area contributed by atoms with Gasteiger partial charge in [-0.1, -0.05) is 0 Å². The first-order valence-corrected chi connectivity index (χ1v) is 5.60. The second-order valence-electron chi connectivity index (χ2n) is 3.41. The van der Waals surface area contributed by atoms with E-state index < -0.39 is 0 Å². The molecule has 1 amide bonds. The van der Waals surface area contributed by atoms with Crippen molar-refractivity contribution in [1.29, 1.82) is 0 Å². The first-order valence-electron chi connectivity index (χ1n) is 4.72. The molecule has 76 valence electrons. The largest absolute Gasteiger partial charge is 0.352 e. The topological polar surface area (TPSA) is 54.0 Å². The molecule has 1 aromatic rings. The third kappa shape index (κ3) is 3.08. The predicted molar refractivity (Wildman–Crippen MR) is 55.0 cm³/mol. The molecule has 0 unspecified atom stereocenters. The first kappa shape index (κ1) is 9.61. The fourth-order valence-electron chi connectivity index (χ4n) is 1.14. The van der Waals surface area contributed by atoms with E-state index in [1.807, 2.05) is 6.20 Å². The van der Waals surface area contributed by atoms with Crippen LogP contribution in [0, 0.1) is 0 Å². The van der Waals surface area contributed by atoms with Crippen LogP contribution < -0.4 is 10.6 Å². The first-order chi connectivity index (χ1) is 6.84. The van der Waals surface area contributed by atoms with Gasteiger partial charge in [-0.3, -0.25) is 9.78 Å². The van der Waals surface area contributed by atoms with Gasteiger partial charge in [0.25, 0.3) is 0 Å². The molecule has 2 rings (SSSR count). The minimum atomic E-state index is 0.0945. The predicted octanol–water partition coefficient (Wildman–Crippen LogP) is 0.511. The highest BCUT2D eigenvalue weighted by Crippen LogP contribution is 2.18. The zero-order chi connectivity index (χ0) is 9.80. The highest BCUT2D eigenvalue weighted by Gasteiger charge is 2.22. The number of nitrogens with zero attached hydrogens (tertiary/aromatic N) is 1. The quantitative estimate of drug-likeness (QED) is 0.746. The van der Waals surface area contributed by atoms with Crippen molar-refractivity contribution in [2.75, 3.05) is 6.54 Å². The normalized spacial score (nSPS) is 15.4. The maximum absolute atomic E-state index is 11.2. The smallest absolute Gasteiger partial charge is 0.234 e. The van der Waals surface area contributed by atoms with Crippen molar-refractivity contribution in [3.05, 3.63) is 16.6 Å². The molecule has 0 atom stereocenters. The average Bonchev–Trinajstić information content (AvgIpc) is 2.82. The Morgan fingerprint density at radius 1 is 1.64 bits per heavy atom. The van der Waals surface area contributed by atoms with Crippen molar-refractivity contribution in [2.45, 2.75) is 25.4 Å². The van der Waals surface area contributed by atoms with Crippen LogP contribution in [0.5, 0.6) is 0 Å². The van der Waals surface area contributed by atoms with Crippen molar-refractivity contribution >= 4 is 17.2 Å². The Morgan fingerprint density at radius 3 is 3.14 bits per heavy atom. The van der Waals surface area contributed by atoms with E-state index >= 15 is 0 Å². The molecule has 1 heterocycles. The minimum absolute atomic E-state index is 0.0945. The number of hydrogen-bond acceptors (Lipinski definition) is 4. The van der Waals surface area contributed by atoms with Gasteiger partial charge < -0.3 is 10.6 Å². The lowest BCUT2D eigenvalue weighted by Gasteiger charge is -2.03. The lowest BCUT2D eigenvalue weighted by molar-refractivity contribution is -0.120. The molecule has 1 aliphatic rings. The number of carbonyl (C=O) groups is 1. The number of hydrogen-bond donors (Lipinski definition) is 2. The summed E-state index contributed by atoms with van der Waals surface area (Å²) >= 11 is 1.60. The summed E-state index contributed by atoms with van der Waals surface area (Å²) in [6.07, 6.45) is 4.09. The molecule has 0 saturated heterocycles. The molecule has 0 aliphatic heterocycles. The lowest BCUT2D eigenvalue weighted by Crippen LogP contribution is -2.34. The number of nitrogens with one attached hydrogen (secondary N) is 2. The Hall–Kier alpha value is -0.940. The van der Waals surface area contributed by atoms with Crippen molar-refractivity contribution in [3.8, 4) is 0 Å². The van der Waals surface area contributed by atoms with E-state index in [2.05, 4.69) is 15.6 Å². The third-order valence-corrected chi connectivity index (χ3v) is 2.79. The molecule has 1 aliphatic carbocycles. The highest BCUT2D eigenvalue weighted by atomic mass is 32.1. The van der Waals surface area contributed by atoms with Crippen molar-refractivity contribution < 1.29 is 4.79 Å². The number of rotatable bonds is 5. The Bertz CT molecular complexity index is 295. The molecule has 0 radical (unpaired) electrons. The Labute approximate surface area is 86.7 Å².